The zero-order valence-electron chi connectivity index (χ0n) is 15.1. The molecule has 1 aliphatic rings. The first-order valence-electron chi connectivity index (χ1n) is 8.17. The quantitative estimate of drug-likeness (QED) is 0.863. The predicted octanol–water partition coefficient (Wildman–Crippen LogP) is 4.51. The van der Waals surface area contributed by atoms with E-state index < -0.39 is 10.0 Å². The number of sulfonamides is 1. The van der Waals surface area contributed by atoms with Gasteiger partial charge in [-0.25, -0.2) is 0 Å². The van der Waals surface area contributed by atoms with Crippen molar-refractivity contribution in [1.82, 2.24) is 0 Å². The van der Waals surface area contributed by atoms with Crippen LogP contribution in [0.4, 0.5) is 5.69 Å². The molecule has 1 aliphatic heterocycles. The summed E-state index contributed by atoms with van der Waals surface area (Å²) in [7, 11) is -3.70. The normalized spacial score (nSPS) is 16.1. The van der Waals surface area contributed by atoms with Gasteiger partial charge in [0.1, 0.15) is 10.7 Å². The number of amidine groups is 1. The molecule has 0 saturated carbocycles. The van der Waals surface area contributed by atoms with Gasteiger partial charge in [0.15, 0.2) is 0 Å². The Morgan fingerprint density at radius 3 is 2.20 bits per heavy atom. The van der Waals surface area contributed by atoms with E-state index in [0.717, 1.165) is 27.9 Å². The molecule has 2 aromatic carbocycles. The Hall–Kier alpha value is -2.40. The van der Waals surface area contributed by atoms with Gasteiger partial charge < -0.3 is 5.32 Å². The minimum atomic E-state index is -3.70. The largest absolute Gasteiger partial charge is 0.339 e. The molecule has 1 heterocycles. The van der Waals surface area contributed by atoms with Gasteiger partial charge in [-0.15, -0.1) is 4.40 Å². The smallest absolute Gasteiger partial charge is 0.285 e. The zero-order chi connectivity index (χ0) is 18.4. The Labute approximate surface area is 149 Å². The molecule has 1 N–H and O–H groups in total. The van der Waals surface area contributed by atoms with Crippen molar-refractivity contribution in [3.05, 3.63) is 69.8 Å². The van der Waals surface area contributed by atoms with Crippen LogP contribution in [0, 0.1) is 27.7 Å². The third-order valence-corrected chi connectivity index (χ3v) is 6.05. The van der Waals surface area contributed by atoms with E-state index in [2.05, 4.69) is 15.8 Å². The van der Waals surface area contributed by atoms with E-state index in [1.165, 1.54) is 0 Å². The van der Waals surface area contributed by atoms with Gasteiger partial charge in [0.2, 0.25) is 0 Å². The maximum Gasteiger partial charge on any atom is 0.285 e. The van der Waals surface area contributed by atoms with Crippen molar-refractivity contribution in [2.24, 2.45) is 4.40 Å². The van der Waals surface area contributed by atoms with Gasteiger partial charge in [0.25, 0.3) is 10.0 Å². The third kappa shape index (κ3) is 3.24. The van der Waals surface area contributed by atoms with Crippen LogP contribution < -0.4 is 5.32 Å². The van der Waals surface area contributed by atoms with Crippen LogP contribution in [-0.4, -0.2) is 14.3 Å². The summed E-state index contributed by atoms with van der Waals surface area (Å²) in [5, 5.41) is 3.18. The van der Waals surface area contributed by atoms with E-state index in [9.17, 15) is 8.42 Å². The van der Waals surface area contributed by atoms with Crippen LogP contribution in [-0.2, 0) is 10.0 Å². The summed E-state index contributed by atoms with van der Waals surface area (Å²) in [5.41, 5.74) is 6.58. The molecular formula is C20H22N2O2S. The second-order valence-electron chi connectivity index (χ2n) is 6.61. The first-order valence-corrected chi connectivity index (χ1v) is 9.61. The topological polar surface area (TPSA) is 58.5 Å². The second kappa shape index (κ2) is 6.15. The minimum Gasteiger partial charge on any atom is -0.339 e. The summed E-state index contributed by atoms with van der Waals surface area (Å²) >= 11 is 0. The van der Waals surface area contributed by atoms with Crippen LogP contribution in [0.3, 0.4) is 0 Å². The number of hydrogen-bond donors (Lipinski definition) is 1. The number of anilines is 1. The molecule has 5 heteroatoms. The fourth-order valence-electron chi connectivity index (χ4n) is 2.98. The average Bonchev–Trinajstić information content (AvgIpc) is 2.74. The predicted molar refractivity (Wildman–Crippen MR) is 104 cm³/mol. The van der Waals surface area contributed by atoms with Crippen LogP contribution in [0.15, 0.2) is 46.4 Å². The van der Waals surface area contributed by atoms with Crippen molar-refractivity contribution < 1.29 is 8.42 Å². The Morgan fingerprint density at radius 1 is 0.840 bits per heavy atom. The molecule has 3 rings (SSSR count). The lowest BCUT2D eigenvalue weighted by atomic mass is 10.0. The molecule has 0 atom stereocenters. The average molecular weight is 354 g/mol. The number of rotatable bonds is 2. The molecule has 0 spiro atoms. The van der Waals surface area contributed by atoms with Crippen molar-refractivity contribution in [2.75, 3.05) is 5.32 Å². The molecular weight excluding hydrogens is 332 g/mol. The lowest BCUT2D eigenvalue weighted by molar-refractivity contribution is 0.608. The van der Waals surface area contributed by atoms with E-state index in [-0.39, 0.29) is 4.91 Å². The highest BCUT2D eigenvalue weighted by Gasteiger charge is 2.31. The highest BCUT2D eigenvalue weighted by atomic mass is 32.2. The maximum absolute atomic E-state index is 12.6. The molecule has 0 unspecified atom stereocenters. The van der Waals surface area contributed by atoms with Crippen LogP contribution in [0.25, 0.3) is 4.91 Å². The molecule has 0 aromatic heterocycles. The summed E-state index contributed by atoms with van der Waals surface area (Å²) in [5.74, 6) is 0.389. The number of hydrogen-bond acceptors (Lipinski definition) is 3. The van der Waals surface area contributed by atoms with Gasteiger partial charge in [0, 0.05) is 11.3 Å². The SMILES string of the molecule is CC1=C(c2ccc(C)c(C)c2)S(=O)(=O)N=C1Nc1ccc(C)cc1C. The van der Waals surface area contributed by atoms with Crippen LogP contribution >= 0.6 is 0 Å². The molecule has 25 heavy (non-hydrogen) atoms. The molecule has 0 fully saturated rings. The third-order valence-electron chi connectivity index (χ3n) is 4.57. The van der Waals surface area contributed by atoms with Crippen LogP contribution in [0.1, 0.15) is 34.7 Å². The van der Waals surface area contributed by atoms with Crippen molar-refractivity contribution >= 4 is 26.5 Å². The second-order valence-corrected chi connectivity index (χ2v) is 8.15. The van der Waals surface area contributed by atoms with E-state index >= 15 is 0 Å². The molecule has 130 valence electrons. The monoisotopic (exact) mass is 354 g/mol. The summed E-state index contributed by atoms with van der Waals surface area (Å²) in [6.45, 7) is 9.80. The fraction of sp³-hybridized carbons (Fsp3) is 0.250. The van der Waals surface area contributed by atoms with Gasteiger partial charge in [-0.2, -0.15) is 8.42 Å². The van der Waals surface area contributed by atoms with E-state index in [1.807, 2.05) is 58.0 Å². The van der Waals surface area contributed by atoms with E-state index in [4.69, 9.17) is 0 Å². The van der Waals surface area contributed by atoms with Gasteiger partial charge in [-0.1, -0.05) is 35.9 Å². The van der Waals surface area contributed by atoms with Crippen LogP contribution in [0.5, 0.6) is 0 Å². The van der Waals surface area contributed by atoms with Gasteiger partial charge in [-0.05, 0) is 62.9 Å². The Kier molecular flexibility index (Phi) is 4.29. The first-order chi connectivity index (χ1) is 11.7. The number of nitrogens with one attached hydrogen (secondary N) is 1. The van der Waals surface area contributed by atoms with Crippen LogP contribution in [0.2, 0.25) is 0 Å². The zero-order valence-corrected chi connectivity index (χ0v) is 16.0. The van der Waals surface area contributed by atoms with E-state index in [0.29, 0.717) is 17.0 Å². The molecule has 0 saturated heterocycles. The highest BCUT2D eigenvalue weighted by Crippen LogP contribution is 2.34. The van der Waals surface area contributed by atoms with E-state index in [1.54, 1.807) is 6.92 Å². The molecule has 2 aromatic rings. The number of benzene rings is 2. The molecule has 4 nitrogen and oxygen atoms in total. The highest BCUT2D eigenvalue weighted by molar-refractivity contribution is 8.00. The van der Waals surface area contributed by atoms with Crippen molar-refractivity contribution in [3.8, 4) is 0 Å². The minimum absolute atomic E-state index is 0.280. The first kappa shape index (κ1) is 17.4. The van der Waals surface area contributed by atoms with Crippen molar-refractivity contribution in [1.29, 1.82) is 0 Å². The van der Waals surface area contributed by atoms with Gasteiger partial charge >= 0.3 is 0 Å². The summed E-state index contributed by atoms with van der Waals surface area (Å²) < 4.78 is 29.2. The Morgan fingerprint density at radius 2 is 1.56 bits per heavy atom. The lowest BCUT2D eigenvalue weighted by Gasteiger charge is -2.11. The summed E-state index contributed by atoms with van der Waals surface area (Å²) in [6, 6.07) is 11.7. The number of nitrogens with zero attached hydrogens (tertiary/aromatic N) is 1. The summed E-state index contributed by atoms with van der Waals surface area (Å²) in [4.78, 5) is 0.280. The molecule has 0 bridgehead atoms. The van der Waals surface area contributed by atoms with Crippen molar-refractivity contribution in [2.45, 2.75) is 34.6 Å². The van der Waals surface area contributed by atoms with Gasteiger partial charge in [0.05, 0.1) is 0 Å². The summed E-state index contributed by atoms with van der Waals surface area (Å²) in [6.07, 6.45) is 0. The fourth-order valence-corrected chi connectivity index (χ4v) is 4.40. The number of aryl methyl sites for hydroxylation is 4. The Balaban J connectivity index is 2.05. The standard InChI is InChI=1S/C20H22N2O2S/c1-12-6-9-18(15(4)10-12)21-20-16(5)19(25(23,24)22-20)17-8-7-13(2)14(3)11-17/h6-11H,1-5H3,(H,21,22). The molecule has 0 radical (unpaired) electrons. The van der Waals surface area contributed by atoms with Gasteiger partial charge in [-0.3, -0.25) is 0 Å². The Bertz CT molecular complexity index is 1030. The lowest BCUT2D eigenvalue weighted by Crippen LogP contribution is -2.12. The molecule has 0 amide bonds. The molecule has 0 aliphatic carbocycles. The van der Waals surface area contributed by atoms with Crippen molar-refractivity contribution in [3.63, 3.8) is 0 Å². The maximum atomic E-state index is 12.6.